The molecule has 0 aliphatic heterocycles. The number of para-hydroxylation sites is 3. The number of hydrogen-bond acceptors (Lipinski definition) is 5. The van der Waals surface area contributed by atoms with E-state index in [1.165, 1.54) is 57.1 Å². The Morgan fingerprint density at radius 2 is 0.487 bits per heavy atom. The number of hydrogen-bond donors (Lipinski definition) is 0. The van der Waals surface area contributed by atoms with Crippen LogP contribution in [-0.4, -0.2) is 37.9 Å². The van der Waals surface area contributed by atoms with Gasteiger partial charge in [-0.2, -0.15) is 26.3 Å². The molecular weight excluding hydrogens is 1870 g/mol. The van der Waals surface area contributed by atoms with Crippen molar-refractivity contribution in [2.24, 2.45) is 0 Å². The van der Waals surface area contributed by atoms with Crippen molar-refractivity contribution >= 4 is 175 Å². The van der Waals surface area contributed by atoms with Crippen molar-refractivity contribution in [1.82, 2.24) is 13.7 Å². The second-order valence-corrected chi connectivity index (χ2v) is 48.0. The smallest absolute Gasteiger partial charge is 0.207 e. The Morgan fingerprint density at radius 1 is 0.200 bits per heavy atom. The molecule has 0 bridgehead atoms. The van der Waals surface area contributed by atoms with Crippen LogP contribution in [0.25, 0.3) is 135 Å². The van der Waals surface area contributed by atoms with Gasteiger partial charge in [0.1, 0.15) is 0 Å². The fourth-order valence-electron chi connectivity index (χ4n) is 22.5. The van der Waals surface area contributed by atoms with E-state index in [2.05, 4.69) is 415 Å². The molecule has 21 aromatic carbocycles. The van der Waals surface area contributed by atoms with Gasteiger partial charge in [0.05, 0.1) is 118 Å². The number of aromatic nitrogens is 3. The summed E-state index contributed by atoms with van der Waals surface area (Å²) in [6, 6.07) is 187. The van der Waals surface area contributed by atoms with Gasteiger partial charge >= 0.3 is 0 Å². The van der Waals surface area contributed by atoms with Gasteiger partial charge in [0.2, 0.25) is 11.4 Å². The fraction of sp³-hybridized carbons (Fsp3) is 0. The third kappa shape index (κ3) is 16.3. The van der Waals surface area contributed by atoms with Crippen molar-refractivity contribution in [2.75, 3.05) is 0 Å². The van der Waals surface area contributed by atoms with Gasteiger partial charge in [-0.05, 0) is 194 Å². The minimum atomic E-state index is -3.04. The standard InChI is InChI=1S/3C45H28N4Si/c1-47-40-27-29-43(50(35-14-6-3-7-15-35,36-16-8-4-9-17-36)37-18-10-5-11-19-37)44(45(40)48-2)33-23-25-34(26-24-33)49-41-21-13-12-20-38(41)39-30-32(31-46)22-28-42(39)49;1-48-42-29-35(49-43-20-12-11-19-40(43)41-27-32(30-46)21-26-44(41)49)28-34(31-47)45(42)33-22-24-39(25-23-33)50(36-13-5-2-6-14-36,37-15-7-3-8-16-37)38-17-9-4-10-18-38;1-48-43-29-34(49-44-20-12-11-19-39(44)41-27-32(30-46)21-26-45(41)49)28-40(42(43)31-47)33-22-24-38(25-23-33)50(35-13-5-2-6-14-35,36-15-7-3-8-16-36)37-17-9-4-10-18-37/h3-30H;2*2-29H. The summed E-state index contributed by atoms with van der Waals surface area (Å²) in [5.74, 6) is 0. The third-order valence-electron chi connectivity index (χ3n) is 28.9. The number of benzene rings is 21. The number of nitrogens with zero attached hydrogens (tertiary/aromatic N) is 12. The minimum Gasteiger partial charge on any atom is -0.310 e. The Morgan fingerprint density at radius 3 is 0.813 bits per heavy atom. The monoisotopic (exact) mass is 1960 g/mol. The summed E-state index contributed by atoms with van der Waals surface area (Å²) in [4.78, 5) is 15.7. The Labute approximate surface area is 872 Å². The van der Waals surface area contributed by atoms with Gasteiger partial charge in [-0.3, -0.25) is 4.85 Å². The van der Waals surface area contributed by atoms with E-state index in [4.69, 9.17) is 26.3 Å². The van der Waals surface area contributed by atoms with E-state index in [0.29, 0.717) is 61.7 Å². The summed E-state index contributed by atoms with van der Waals surface area (Å²) in [6.07, 6.45) is 0. The molecule has 3 aromatic heterocycles. The lowest BCUT2D eigenvalue weighted by atomic mass is 9.97. The zero-order valence-electron chi connectivity index (χ0n) is 80.9. The lowest BCUT2D eigenvalue weighted by Gasteiger charge is -2.36. The van der Waals surface area contributed by atoms with Crippen LogP contribution in [0.1, 0.15) is 27.8 Å². The maximum Gasteiger partial charge on any atom is 0.207 e. The molecule has 0 N–H and O–H groups in total. The van der Waals surface area contributed by atoms with Crippen molar-refractivity contribution in [2.45, 2.75) is 0 Å². The van der Waals surface area contributed by atoms with Crippen molar-refractivity contribution < 1.29 is 0 Å². The van der Waals surface area contributed by atoms with E-state index in [0.717, 1.165) is 110 Å². The first kappa shape index (κ1) is 94.0. The van der Waals surface area contributed by atoms with Gasteiger partial charge < -0.3 is 13.7 Å². The highest BCUT2D eigenvalue weighted by atomic mass is 28.3. The summed E-state index contributed by atoms with van der Waals surface area (Å²) in [5.41, 5.74) is 16.9. The van der Waals surface area contributed by atoms with Crippen LogP contribution in [0.15, 0.2) is 510 Å². The maximum atomic E-state index is 10.6. The summed E-state index contributed by atoms with van der Waals surface area (Å²) in [6.45, 7) is 32.8. The first-order valence-corrected chi connectivity index (χ1v) is 55.0. The molecule has 0 aliphatic rings. The van der Waals surface area contributed by atoms with Gasteiger partial charge in [-0.15, -0.1) is 0 Å². The SMILES string of the molecule is [C-]#[N+]c1cc(-n2c3ccccc3c3cc(C#N)ccc32)cc(-c2ccc([Si](c3ccccc3)(c3ccccc3)c3ccccc3)cc2)c1C#N.[C-]#[N+]c1cc(-n2c3ccccc3c3cc(C#N)ccc32)cc(C#N)c1-c1ccc([Si](c2ccccc2)(c2ccccc2)c2ccccc2)cc1.[C-]#[N+]c1ccc([Si](c2ccccc2)(c2ccccc2)c2ccccc2)c(-c2ccc(-n3c4ccccc4c4cc(C#N)ccc43)cc2)c1[N+]#[C-]. The van der Waals surface area contributed by atoms with Crippen LogP contribution < -0.4 is 62.2 Å². The van der Waals surface area contributed by atoms with E-state index in [-0.39, 0.29) is 0 Å². The molecule has 0 unspecified atom stereocenters. The number of rotatable bonds is 18. The van der Waals surface area contributed by atoms with Gasteiger partial charge in [0.15, 0.2) is 35.6 Å². The molecule has 696 valence electrons. The highest BCUT2D eigenvalue weighted by molar-refractivity contribution is 7.21. The number of nitriles is 5. The van der Waals surface area contributed by atoms with Crippen LogP contribution in [0.4, 0.5) is 22.7 Å². The second-order valence-electron chi connectivity index (χ2n) is 36.6. The average Bonchev–Trinajstić information content (AvgIpc) is 1.10. The van der Waals surface area contributed by atoms with Gasteiger partial charge in [-0.1, -0.05) is 406 Å². The second kappa shape index (κ2) is 40.8. The summed E-state index contributed by atoms with van der Waals surface area (Å²) in [7, 11) is -8.49. The van der Waals surface area contributed by atoms with Crippen molar-refractivity contribution in [1.29, 1.82) is 26.3 Å². The molecule has 0 amide bonds. The number of fused-ring (bicyclic) bond motifs is 9. The zero-order valence-corrected chi connectivity index (χ0v) is 83.9. The van der Waals surface area contributed by atoms with Gasteiger partial charge in [0.25, 0.3) is 0 Å². The molecule has 24 rings (SSSR count). The van der Waals surface area contributed by atoms with E-state index in [9.17, 15) is 26.3 Å². The van der Waals surface area contributed by atoms with Crippen LogP contribution in [0, 0.1) is 82.9 Å². The van der Waals surface area contributed by atoms with E-state index < -0.39 is 24.2 Å². The molecule has 12 nitrogen and oxygen atoms in total. The molecule has 0 aliphatic carbocycles. The van der Waals surface area contributed by atoms with Crippen molar-refractivity contribution in [3.8, 4) is 80.8 Å². The van der Waals surface area contributed by atoms with Crippen molar-refractivity contribution in [3.63, 3.8) is 0 Å². The van der Waals surface area contributed by atoms with E-state index in [1.54, 1.807) is 12.1 Å². The first-order chi connectivity index (χ1) is 74.0. The topological polar surface area (TPSA) is 151 Å². The molecule has 3 heterocycles. The Hall–Kier alpha value is -20.9. The van der Waals surface area contributed by atoms with Crippen LogP contribution in [-0.2, 0) is 0 Å². The molecule has 0 saturated heterocycles. The molecule has 0 spiro atoms. The fourth-order valence-corrected chi connectivity index (χ4v) is 36.9. The van der Waals surface area contributed by atoms with Crippen LogP contribution in [0.3, 0.4) is 0 Å². The van der Waals surface area contributed by atoms with E-state index in [1.807, 2.05) is 146 Å². The van der Waals surface area contributed by atoms with Gasteiger partial charge in [0, 0.05) is 54.9 Å². The Bertz CT molecular complexity index is 9440. The van der Waals surface area contributed by atoms with Crippen LogP contribution in [0.2, 0.25) is 0 Å². The average molecular weight is 1960 g/mol. The summed E-state index contributed by atoms with van der Waals surface area (Å²) < 4.78 is 6.42. The highest BCUT2D eigenvalue weighted by Gasteiger charge is 2.46. The highest BCUT2D eigenvalue weighted by Crippen LogP contribution is 2.45. The lowest BCUT2D eigenvalue weighted by Crippen LogP contribution is -2.75. The first-order valence-electron chi connectivity index (χ1n) is 49.0. The third-order valence-corrected chi connectivity index (χ3v) is 43.3. The van der Waals surface area contributed by atoms with Gasteiger partial charge in [-0.25, -0.2) is 14.5 Å². The molecular formula is C135H84N12Si3. The zero-order chi connectivity index (χ0) is 102. The molecule has 0 atom stereocenters. The van der Waals surface area contributed by atoms with E-state index >= 15 is 0 Å². The molecule has 24 aromatic rings. The van der Waals surface area contributed by atoms with Crippen LogP contribution in [0.5, 0.6) is 0 Å². The summed E-state index contributed by atoms with van der Waals surface area (Å²) >= 11 is 0. The molecule has 0 radical (unpaired) electrons. The quantitative estimate of drug-likeness (QED) is 0.0476. The maximum absolute atomic E-state index is 10.6. The van der Waals surface area contributed by atoms with Crippen LogP contribution >= 0.6 is 0 Å². The predicted molar refractivity (Wildman–Crippen MR) is 618 cm³/mol. The normalized spacial score (nSPS) is 11.1. The Kier molecular flexibility index (Phi) is 25.6. The Balaban J connectivity index is 0.000000127. The molecule has 150 heavy (non-hydrogen) atoms. The minimum absolute atomic E-state index is 0.297. The molecule has 0 fully saturated rings. The lowest BCUT2D eigenvalue weighted by molar-refractivity contribution is 1.18. The summed E-state index contributed by atoms with van der Waals surface area (Å²) in [5, 5.41) is 70.6. The predicted octanol–water partition coefficient (Wildman–Crippen LogP) is 25.0. The molecule has 0 saturated carbocycles. The molecule has 15 heteroatoms. The largest absolute Gasteiger partial charge is 0.310 e. The van der Waals surface area contributed by atoms with Crippen molar-refractivity contribution in [3.05, 3.63) is 583 Å².